The molecular weight excluding hydrogens is 294 g/mol. The summed E-state index contributed by atoms with van der Waals surface area (Å²) in [4.78, 5) is -0.127. The normalized spacial score (nSPS) is 12.2. The Bertz CT molecular complexity index is 812. The Kier molecular flexibility index (Phi) is 4.79. The van der Waals surface area contributed by atoms with E-state index in [0.717, 1.165) is 0 Å². The third-order valence-corrected chi connectivity index (χ3v) is 5.04. The first kappa shape index (κ1) is 16.0. The largest absolute Gasteiger partial charge is 0.218 e. The van der Waals surface area contributed by atoms with E-state index < -0.39 is 9.84 Å². The second-order valence-electron chi connectivity index (χ2n) is 5.26. The van der Waals surface area contributed by atoms with Crippen LogP contribution in [-0.2, 0) is 9.84 Å². The SMILES string of the molecule is CC(C)c1ccc(C=C(C#N)S(=O)(=O)c2ccccc2)cc1. The lowest BCUT2D eigenvalue weighted by Gasteiger charge is -2.06. The minimum absolute atomic E-state index is 0.126. The molecular formula is C18H17NO2S. The molecule has 0 fully saturated rings. The summed E-state index contributed by atoms with van der Waals surface area (Å²) in [7, 11) is -3.78. The number of sulfone groups is 1. The molecule has 2 rings (SSSR count). The summed E-state index contributed by atoms with van der Waals surface area (Å²) >= 11 is 0. The molecule has 0 N–H and O–H groups in total. The van der Waals surface area contributed by atoms with Gasteiger partial charge in [0.1, 0.15) is 11.0 Å². The van der Waals surface area contributed by atoms with E-state index in [2.05, 4.69) is 13.8 Å². The van der Waals surface area contributed by atoms with Gasteiger partial charge in [-0.05, 0) is 35.3 Å². The van der Waals surface area contributed by atoms with Crippen LogP contribution in [0.5, 0.6) is 0 Å². The summed E-state index contributed by atoms with van der Waals surface area (Å²) in [6.07, 6.45) is 1.41. The highest BCUT2D eigenvalue weighted by Crippen LogP contribution is 2.22. The lowest BCUT2D eigenvalue weighted by Crippen LogP contribution is -2.03. The van der Waals surface area contributed by atoms with Crippen LogP contribution in [0, 0.1) is 11.3 Å². The van der Waals surface area contributed by atoms with E-state index in [1.807, 2.05) is 24.3 Å². The van der Waals surface area contributed by atoms with Gasteiger partial charge in [-0.2, -0.15) is 5.26 Å². The van der Waals surface area contributed by atoms with E-state index in [0.29, 0.717) is 11.5 Å². The van der Waals surface area contributed by atoms with Gasteiger partial charge >= 0.3 is 0 Å². The molecule has 0 amide bonds. The Morgan fingerprint density at radius 2 is 1.64 bits per heavy atom. The van der Waals surface area contributed by atoms with Crippen LogP contribution in [0.25, 0.3) is 6.08 Å². The van der Waals surface area contributed by atoms with Crippen LogP contribution in [0.1, 0.15) is 30.9 Å². The molecule has 0 spiro atoms. The Balaban J connectivity index is 2.42. The van der Waals surface area contributed by atoms with Gasteiger partial charge in [-0.25, -0.2) is 8.42 Å². The summed E-state index contributed by atoms with van der Waals surface area (Å²) in [5, 5.41) is 9.23. The maximum atomic E-state index is 12.5. The van der Waals surface area contributed by atoms with Crippen LogP contribution in [0.4, 0.5) is 0 Å². The molecule has 2 aromatic rings. The zero-order valence-electron chi connectivity index (χ0n) is 12.5. The van der Waals surface area contributed by atoms with E-state index in [-0.39, 0.29) is 9.80 Å². The molecule has 0 aromatic heterocycles. The van der Waals surface area contributed by atoms with Gasteiger partial charge < -0.3 is 0 Å². The first-order valence-electron chi connectivity index (χ1n) is 6.97. The standard InChI is InChI=1S/C18H17NO2S/c1-14(2)16-10-8-15(9-11-16)12-18(13-19)22(20,21)17-6-4-3-5-7-17/h3-12,14H,1-2H3. The smallest absolute Gasteiger partial charge is 0.216 e. The first-order valence-corrected chi connectivity index (χ1v) is 8.45. The number of allylic oxidation sites excluding steroid dienone is 1. The topological polar surface area (TPSA) is 57.9 Å². The van der Waals surface area contributed by atoms with Gasteiger partial charge in [0.05, 0.1) is 4.90 Å². The summed E-state index contributed by atoms with van der Waals surface area (Å²) in [6, 6.07) is 17.3. The minimum Gasteiger partial charge on any atom is -0.218 e. The molecule has 4 heteroatoms. The molecule has 2 aromatic carbocycles. The number of nitrogens with zero attached hydrogens (tertiary/aromatic N) is 1. The highest BCUT2D eigenvalue weighted by molar-refractivity contribution is 7.95. The molecule has 0 saturated carbocycles. The molecule has 0 aliphatic heterocycles. The van der Waals surface area contributed by atoms with Gasteiger partial charge in [0.15, 0.2) is 0 Å². The highest BCUT2D eigenvalue weighted by Gasteiger charge is 2.20. The molecule has 0 heterocycles. The molecule has 0 unspecified atom stereocenters. The Hall–Kier alpha value is -2.38. The molecule has 3 nitrogen and oxygen atoms in total. The van der Waals surface area contributed by atoms with E-state index >= 15 is 0 Å². The fourth-order valence-electron chi connectivity index (χ4n) is 2.03. The Morgan fingerprint density at radius 1 is 1.05 bits per heavy atom. The number of rotatable bonds is 4. The number of hydrogen-bond acceptors (Lipinski definition) is 3. The van der Waals surface area contributed by atoms with Gasteiger partial charge in [0, 0.05) is 0 Å². The van der Waals surface area contributed by atoms with E-state index in [4.69, 9.17) is 0 Å². The molecule has 112 valence electrons. The van der Waals surface area contributed by atoms with Crippen LogP contribution < -0.4 is 0 Å². The van der Waals surface area contributed by atoms with Gasteiger partial charge in [0.25, 0.3) is 0 Å². The predicted octanol–water partition coefficient (Wildman–Crippen LogP) is 4.15. The van der Waals surface area contributed by atoms with Gasteiger partial charge in [-0.3, -0.25) is 0 Å². The van der Waals surface area contributed by atoms with Gasteiger partial charge in [0.2, 0.25) is 9.84 Å². The van der Waals surface area contributed by atoms with Gasteiger partial charge in [-0.15, -0.1) is 0 Å². The average molecular weight is 311 g/mol. The molecule has 22 heavy (non-hydrogen) atoms. The molecule has 0 saturated heterocycles. The summed E-state index contributed by atoms with van der Waals surface area (Å²) in [6.45, 7) is 4.18. The first-order chi connectivity index (χ1) is 10.4. The number of benzene rings is 2. The van der Waals surface area contributed by atoms with Crippen molar-refractivity contribution in [1.82, 2.24) is 0 Å². The summed E-state index contributed by atoms with van der Waals surface area (Å²) < 4.78 is 24.9. The molecule has 0 atom stereocenters. The molecule has 0 aliphatic rings. The maximum Gasteiger partial charge on any atom is 0.216 e. The molecule has 0 bridgehead atoms. The van der Waals surface area contributed by atoms with Crippen molar-refractivity contribution >= 4 is 15.9 Å². The average Bonchev–Trinajstić information content (AvgIpc) is 2.53. The maximum absolute atomic E-state index is 12.5. The number of nitriles is 1. The zero-order chi connectivity index (χ0) is 16.2. The fraction of sp³-hybridized carbons (Fsp3) is 0.167. The van der Waals surface area contributed by atoms with Crippen molar-refractivity contribution in [2.24, 2.45) is 0 Å². The van der Waals surface area contributed by atoms with Crippen LogP contribution in [0.2, 0.25) is 0 Å². The number of hydrogen-bond donors (Lipinski definition) is 0. The monoisotopic (exact) mass is 311 g/mol. The zero-order valence-corrected chi connectivity index (χ0v) is 13.3. The van der Waals surface area contributed by atoms with E-state index in [1.165, 1.54) is 23.8 Å². The van der Waals surface area contributed by atoms with Crippen LogP contribution in [0.3, 0.4) is 0 Å². The Morgan fingerprint density at radius 3 is 2.14 bits per heavy atom. The minimum atomic E-state index is -3.78. The third-order valence-electron chi connectivity index (χ3n) is 3.35. The van der Waals surface area contributed by atoms with Gasteiger partial charge in [-0.1, -0.05) is 56.3 Å². The highest BCUT2D eigenvalue weighted by atomic mass is 32.2. The van der Waals surface area contributed by atoms with Crippen LogP contribution in [0.15, 0.2) is 64.4 Å². The van der Waals surface area contributed by atoms with Crippen molar-refractivity contribution in [3.63, 3.8) is 0 Å². The summed E-state index contributed by atoms with van der Waals surface area (Å²) in [5.41, 5.74) is 1.86. The van der Waals surface area contributed by atoms with Crippen LogP contribution in [-0.4, -0.2) is 8.42 Å². The second kappa shape index (κ2) is 6.59. The lowest BCUT2D eigenvalue weighted by molar-refractivity contribution is 0.603. The summed E-state index contributed by atoms with van der Waals surface area (Å²) in [5.74, 6) is 0.404. The molecule has 0 aliphatic carbocycles. The third kappa shape index (κ3) is 3.44. The quantitative estimate of drug-likeness (QED) is 0.797. The van der Waals surface area contributed by atoms with Crippen molar-refractivity contribution in [3.05, 3.63) is 70.6 Å². The van der Waals surface area contributed by atoms with Crippen molar-refractivity contribution in [2.75, 3.05) is 0 Å². The van der Waals surface area contributed by atoms with E-state index in [9.17, 15) is 13.7 Å². The van der Waals surface area contributed by atoms with Crippen molar-refractivity contribution in [1.29, 1.82) is 5.26 Å². The Labute approximate surface area is 131 Å². The predicted molar refractivity (Wildman–Crippen MR) is 87.7 cm³/mol. The van der Waals surface area contributed by atoms with Crippen LogP contribution >= 0.6 is 0 Å². The van der Waals surface area contributed by atoms with E-state index in [1.54, 1.807) is 24.3 Å². The lowest BCUT2D eigenvalue weighted by atomic mass is 10.0. The second-order valence-corrected chi connectivity index (χ2v) is 7.18. The fourth-order valence-corrected chi connectivity index (χ4v) is 3.21. The van der Waals surface area contributed by atoms with Crippen molar-refractivity contribution in [2.45, 2.75) is 24.7 Å². The van der Waals surface area contributed by atoms with Crippen molar-refractivity contribution in [3.8, 4) is 6.07 Å². The molecule has 0 radical (unpaired) electrons. The van der Waals surface area contributed by atoms with Crippen molar-refractivity contribution < 1.29 is 8.42 Å².